The fourth-order valence-corrected chi connectivity index (χ4v) is 9.88. The van der Waals surface area contributed by atoms with E-state index < -0.39 is 5.41 Å². The van der Waals surface area contributed by atoms with Crippen molar-refractivity contribution in [1.82, 2.24) is 14.3 Å². The number of para-hydroxylation sites is 1. The maximum Gasteiger partial charge on any atom is 0.352 e. The first-order chi connectivity index (χ1) is 22.8. The number of pyridine rings is 3. The minimum Gasteiger partial charge on any atom is -0.444 e. The van der Waals surface area contributed by atoms with Gasteiger partial charge in [-0.2, -0.15) is 4.57 Å². The van der Waals surface area contributed by atoms with E-state index in [0.717, 1.165) is 39.6 Å². The van der Waals surface area contributed by atoms with Crippen molar-refractivity contribution in [2.24, 2.45) is 0 Å². The van der Waals surface area contributed by atoms with Gasteiger partial charge in [0, 0.05) is 45.0 Å². The first kappa shape index (κ1) is 22.4. The van der Waals surface area contributed by atoms with E-state index in [1.807, 2.05) is 0 Å². The van der Waals surface area contributed by atoms with Crippen LogP contribution >= 0.6 is 0 Å². The van der Waals surface area contributed by atoms with Crippen LogP contribution in [0, 0.1) is 0 Å². The van der Waals surface area contributed by atoms with Crippen molar-refractivity contribution in [3.8, 4) is 39.6 Å². The Balaban J connectivity index is 1.37. The second-order valence-electron chi connectivity index (χ2n) is 12.9. The smallest absolute Gasteiger partial charge is 0.352 e. The quantitative estimate of drug-likeness (QED) is 0.137. The van der Waals surface area contributed by atoms with Crippen molar-refractivity contribution in [2.45, 2.75) is 5.41 Å². The van der Waals surface area contributed by atoms with Crippen LogP contribution in [0.2, 0.25) is 0 Å². The van der Waals surface area contributed by atoms with Crippen LogP contribution in [0.25, 0.3) is 50.0 Å². The summed E-state index contributed by atoms with van der Waals surface area (Å²) < 4.78 is 14.7. The maximum absolute atomic E-state index is 6.94. The number of rotatable bonds is 0. The standard InChI is InChI=1S/C40H22N5O/c1-3-13-28-23(9-1)24-10-2-4-14-29(24)40(28)30-17-18-34-38-36(30)44-35-27(21-41-22-31(35)40)25-12-8-20-43(39(25)44)45(38)37-26(11-7-16-33(37)46-34)32-15-5-6-19-42(32)45/h1-22H/q+3. The predicted molar refractivity (Wildman–Crippen MR) is 174 cm³/mol. The molecule has 1 unspecified atom stereocenters. The van der Waals surface area contributed by atoms with Gasteiger partial charge in [-0.1, -0.05) is 54.6 Å². The van der Waals surface area contributed by atoms with Gasteiger partial charge in [-0.05, 0) is 64.7 Å². The maximum atomic E-state index is 6.94. The lowest BCUT2D eigenvalue weighted by Gasteiger charge is -2.39. The summed E-state index contributed by atoms with van der Waals surface area (Å²) in [5.74, 6) is 1.75. The van der Waals surface area contributed by atoms with Crippen molar-refractivity contribution >= 4 is 33.3 Å². The summed E-state index contributed by atoms with van der Waals surface area (Å²) >= 11 is 0. The van der Waals surface area contributed by atoms with Crippen LogP contribution in [-0.4, -0.2) is 9.55 Å². The molecule has 210 valence electrons. The molecule has 4 aromatic carbocycles. The van der Waals surface area contributed by atoms with Crippen LogP contribution in [0.4, 0.5) is 11.4 Å². The number of aromatic nitrogens is 4. The van der Waals surface area contributed by atoms with E-state index in [2.05, 4.69) is 148 Å². The highest BCUT2D eigenvalue weighted by Gasteiger charge is 2.71. The number of ether oxygens (including phenoxy) is 1. The van der Waals surface area contributed by atoms with Crippen molar-refractivity contribution in [2.75, 3.05) is 0 Å². The lowest BCUT2D eigenvalue weighted by atomic mass is 9.65. The molecule has 0 radical (unpaired) electrons. The van der Waals surface area contributed by atoms with Gasteiger partial charge in [0.05, 0.1) is 16.2 Å². The molecule has 0 amide bonds. The number of fused-ring (bicyclic) bond motifs is 10. The van der Waals surface area contributed by atoms with Crippen molar-refractivity contribution in [3.63, 3.8) is 0 Å². The molecule has 0 saturated carbocycles. The molecular formula is C40H22N5O+3. The van der Waals surface area contributed by atoms with Gasteiger partial charge in [0.1, 0.15) is 15.8 Å². The molecule has 1 atom stereocenters. The summed E-state index contributed by atoms with van der Waals surface area (Å²) in [6.45, 7) is 0. The summed E-state index contributed by atoms with van der Waals surface area (Å²) in [5, 5.41) is 2.35. The highest BCUT2D eigenvalue weighted by atomic mass is 16.5. The molecule has 5 aliphatic rings. The topological polar surface area (TPSA) is 34.8 Å². The Kier molecular flexibility index (Phi) is 3.37. The molecule has 0 saturated heterocycles. The van der Waals surface area contributed by atoms with E-state index >= 15 is 0 Å². The van der Waals surface area contributed by atoms with Crippen LogP contribution in [0.1, 0.15) is 22.3 Å². The Morgan fingerprint density at radius 2 is 1.35 bits per heavy atom. The van der Waals surface area contributed by atoms with E-state index in [9.17, 15) is 0 Å². The number of nitrogens with zero attached hydrogens (tertiary/aromatic N) is 5. The second-order valence-corrected chi connectivity index (χ2v) is 12.9. The van der Waals surface area contributed by atoms with Crippen LogP contribution in [-0.2, 0) is 5.41 Å². The number of benzene rings is 4. The largest absolute Gasteiger partial charge is 0.444 e. The van der Waals surface area contributed by atoms with Gasteiger partial charge in [-0.15, -0.1) is 0 Å². The third kappa shape index (κ3) is 1.97. The molecule has 6 heteroatoms. The van der Waals surface area contributed by atoms with E-state index in [1.54, 1.807) is 0 Å². The second kappa shape index (κ2) is 6.91. The molecule has 4 aliphatic heterocycles. The first-order valence-electron chi connectivity index (χ1n) is 15.8. The SMILES string of the molecule is c1ccc2c(c1)-c1ccccc1C21c2ccc3c4c2-n2c5c1cncc5c1ccc[n+](c12)[N+]41c2c(cccc2-c2cccc[n+]21)O3. The molecule has 4 aromatic heterocycles. The average Bonchev–Trinajstić information content (AvgIpc) is 3.72. The number of quaternary nitrogens is 1. The highest BCUT2D eigenvalue weighted by Crippen LogP contribution is 2.66. The lowest BCUT2D eigenvalue weighted by molar-refractivity contribution is -1.02. The van der Waals surface area contributed by atoms with Gasteiger partial charge in [-0.25, -0.2) is 0 Å². The summed E-state index contributed by atoms with van der Waals surface area (Å²) in [7, 11) is 0. The van der Waals surface area contributed by atoms with E-state index in [1.165, 1.54) is 55.5 Å². The normalized spacial score (nSPS) is 18.4. The van der Waals surface area contributed by atoms with Crippen molar-refractivity contribution in [1.29, 1.82) is 0 Å². The molecule has 2 spiro atoms. The van der Waals surface area contributed by atoms with Gasteiger partial charge >= 0.3 is 11.3 Å². The van der Waals surface area contributed by atoms with E-state index in [0.29, 0.717) is 4.70 Å². The zero-order chi connectivity index (χ0) is 29.5. The van der Waals surface area contributed by atoms with Gasteiger partial charge in [0.2, 0.25) is 17.6 Å². The molecule has 0 fully saturated rings. The fraction of sp³-hybridized carbons (Fsp3) is 0.0250. The van der Waals surface area contributed by atoms with Crippen LogP contribution < -0.4 is 18.8 Å². The molecule has 6 nitrogen and oxygen atoms in total. The zero-order valence-electron chi connectivity index (χ0n) is 24.3. The molecule has 1 aliphatic carbocycles. The molecule has 0 N–H and O–H groups in total. The number of hydrogen-bond donors (Lipinski definition) is 0. The third-order valence-corrected chi connectivity index (χ3v) is 11.3. The monoisotopic (exact) mass is 588 g/mol. The molecule has 13 rings (SSSR count). The Morgan fingerprint density at radius 3 is 2.22 bits per heavy atom. The van der Waals surface area contributed by atoms with E-state index in [4.69, 9.17) is 9.72 Å². The van der Waals surface area contributed by atoms with Crippen LogP contribution in [0.5, 0.6) is 11.5 Å². The van der Waals surface area contributed by atoms with Crippen molar-refractivity contribution in [3.05, 3.63) is 156 Å². The molecular weight excluding hydrogens is 566 g/mol. The first-order valence-corrected chi connectivity index (χ1v) is 15.8. The fourth-order valence-electron chi connectivity index (χ4n) is 9.88. The van der Waals surface area contributed by atoms with Gasteiger partial charge in [0.15, 0.2) is 11.9 Å². The van der Waals surface area contributed by atoms with Gasteiger partial charge in [0.25, 0.3) is 11.4 Å². The predicted octanol–water partition coefficient (Wildman–Crippen LogP) is 7.40. The van der Waals surface area contributed by atoms with Gasteiger partial charge < -0.3 is 4.74 Å². The lowest BCUT2D eigenvalue weighted by Crippen LogP contribution is -2.84. The zero-order valence-corrected chi connectivity index (χ0v) is 24.3. The Hall–Kier alpha value is -6.11. The Bertz CT molecular complexity index is 2740. The molecule has 8 aromatic rings. The summed E-state index contributed by atoms with van der Waals surface area (Å²) in [4.78, 5) is 5.00. The number of hydrogen-bond acceptors (Lipinski definition) is 2. The Labute approximate surface area is 262 Å². The van der Waals surface area contributed by atoms with Crippen LogP contribution in [0.3, 0.4) is 0 Å². The molecule has 46 heavy (non-hydrogen) atoms. The minimum atomic E-state index is -0.551. The summed E-state index contributed by atoms with van der Waals surface area (Å²) in [6, 6.07) is 39.9. The summed E-state index contributed by atoms with van der Waals surface area (Å²) in [5.41, 5.74) is 15.2. The average molecular weight is 589 g/mol. The van der Waals surface area contributed by atoms with E-state index in [-0.39, 0.29) is 0 Å². The van der Waals surface area contributed by atoms with Gasteiger partial charge in [-0.3, -0.25) is 4.98 Å². The molecule has 0 bridgehead atoms. The molecule has 8 heterocycles. The van der Waals surface area contributed by atoms with Crippen molar-refractivity contribution < 1.29 is 14.1 Å². The van der Waals surface area contributed by atoms with Crippen LogP contribution in [0.15, 0.2) is 134 Å². The highest BCUT2D eigenvalue weighted by molar-refractivity contribution is 6.12. The third-order valence-electron chi connectivity index (χ3n) is 11.3. The Morgan fingerprint density at radius 1 is 0.587 bits per heavy atom. The minimum absolute atomic E-state index is 0.357. The summed E-state index contributed by atoms with van der Waals surface area (Å²) in [6.07, 6.45) is 8.65.